The van der Waals surface area contributed by atoms with Gasteiger partial charge in [-0.1, -0.05) is 17.7 Å². The van der Waals surface area contributed by atoms with Crippen molar-refractivity contribution in [1.29, 1.82) is 0 Å². The molecule has 3 amide bonds. The molecule has 2 fully saturated rings. The lowest BCUT2D eigenvalue weighted by atomic mass is 9.93. The Kier molecular flexibility index (Phi) is 9.19. The van der Waals surface area contributed by atoms with Gasteiger partial charge in [-0.3, -0.25) is 9.59 Å². The lowest BCUT2D eigenvalue weighted by Gasteiger charge is -2.33. The van der Waals surface area contributed by atoms with Gasteiger partial charge in [0.25, 0.3) is 5.91 Å². The minimum Gasteiger partial charge on any atom is -0.410 e. The molecule has 2 saturated heterocycles. The molecule has 226 valence electrons. The molecular weight excluding hydrogens is 585 g/mol. The quantitative estimate of drug-likeness (QED) is 0.365. The van der Waals surface area contributed by atoms with Crippen LogP contribution in [0.3, 0.4) is 0 Å². The first kappa shape index (κ1) is 30.3. The Morgan fingerprint density at radius 2 is 1.65 bits per heavy atom. The van der Waals surface area contributed by atoms with Gasteiger partial charge in [0.15, 0.2) is 0 Å². The number of halogens is 4. The van der Waals surface area contributed by atoms with Crippen molar-refractivity contribution in [1.82, 2.24) is 19.7 Å². The third-order valence-electron chi connectivity index (χ3n) is 8.04. The molecule has 3 heterocycles. The zero-order valence-electron chi connectivity index (χ0n) is 23.4. The van der Waals surface area contributed by atoms with E-state index in [1.807, 2.05) is 0 Å². The molecule has 0 bridgehead atoms. The van der Waals surface area contributed by atoms with Crippen molar-refractivity contribution in [3.05, 3.63) is 94.5 Å². The second-order valence-corrected chi connectivity index (χ2v) is 11.0. The maximum Gasteiger partial charge on any atom is 0.415 e. The van der Waals surface area contributed by atoms with Crippen LogP contribution in [-0.4, -0.2) is 76.4 Å². The van der Waals surface area contributed by atoms with Gasteiger partial charge in [0, 0.05) is 44.6 Å². The molecule has 5 rings (SSSR count). The number of piperidine rings is 1. The van der Waals surface area contributed by atoms with Gasteiger partial charge in [-0.25, -0.2) is 22.9 Å². The number of carbonyl (C=O) groups is 3. The molecule has 12 heteroatoms. The number of benzene rings is 2. The van der Waals surface area contributed by atoms with Crippen molar-refractivity contribution in [3.8, 4) is 5.75 Å². The zero-order valence-corrected chi connectivity index (χ0v) is 24.1. The summed E-state index contributed by atoms with van der Waals surface area (Å²) in [6, 6.07) is 11.5. The average molecular weight is 615 g/mol. The van der Waals surface area contributed by atoms with Gasteiger partial charge in [-0.2, -0.15) is 0 Å². The van der Waals surface area contributed by atoms with Crippen LogP contribution in [0.4, 0.5) is 18.0 Å². The van der Waals surface area contributed by atoms with Gasteiger partial charge >= 0.3 is 6.09 Å². The fourth-order valence-electron chi connectivity index (χ4n) is 5.77. The lowest BCUT2D eigenvalue weighted by Crippen LogP contribution is -2.47. The van der Waals surface area contributed by atoms with E-state index in [0.717, 1.165) is 6.20 Å². The molecule has 2 atom stereocenters. The maximum atomic E-state index is 14.5. The second-order valence-electron chi connectivity index (χ2n) is 10.6. The monoisotopic (exact) mass is 614 g/mol. The molecule has 0 N–H and O–H groups in total. The molecule has 2 unspecified atom stereocenters. The van der Waals surface area contributed by atoms with E-state index < -0.39 is 35.5 Å². The zero-order chi connectivity index (χ0) is 30.7. The molecular formula is C31H30ClF3N4O4. The van der Waals surface area contributed by atoms with Crippen molar-refractivity contribution in [2.45, 2.75) is 31.7 Å². The molecule has 43 heavy (non-hydrogen) atoms. The van der Waals surface area contributed by atoms with E-state index in [-0.39, 0.29) is 53.8 Å². The van der Waals surface area contributed by atoms with Crippen molar-refractivity contribution < 1.29 is 32.3 Å². The van der Waals surface area contributed by atoms with Gasteiger partial charge < -0.3 is 19.4 Å². The summed E-state index contributed by atoms with van der Waals surface area (Å²) in [5.74, 6) is -2.66. The molecule has 8 nitrogen and oxygen atoms in total. The highest BCUT2D eigenvalue weighted by Crippen LogP contribution is 2.35. The van der Waals surface area contributed by atoms with E-state index in [1.165, 1.54) is 53.4 Å². The Bertz CT molecular complexity index is 1480. The van der Waals surface area contributed by atoms with Crippen LogP contribution in [0, 0.1) is 23.4 Å². The molecule has 1 aromatic heterocycles. The highest BCUT2D eigenvalue weighted by Gasteiger charge is 2.43. The maximum absolute atomic E-state index is 14.5. The van der Waals surface area contributed by atoms with E-state index in [1.54, 1.807) is 22.8 Å². The highest BCUT2D eigenvalue weighted by molar-refractivity contribution is 6.30. The number of likely N-dealkylation sites (tertiary alicyclic amines) is 2. The SMILES string of the molecule is CCN(C(=O)Oc1ccc(F)cc1)C1CN(C(=O)C2CCN(C(=O)c3ccc(F)cn3)CC2)CC1c1ccc(Cl)c(F)c1. The second kappa shape index (κ2) is 13.0. The number of pyridine rings is 1. The van der Waals surface area contributed by atoms with Crippen LogP contribution in [0.15, 0.2) is 60.8 Å². The molecule has 0 spiro atoms. The number of carbonyl (C=O) groups excluding carboxylic acids is 3. The number of aromatic nitrogens is 1. The first-order valence-electron chi connectivity index (χ1n) is 14.0. The van der Waals surface area contributed by atoms with Crippen LogP contribution >= 0.6 is 11.6 Å². The minimum absolute atomic E-state index is 0.0357. The van der Waals surface area contributed by atoms with Crippen LogP contribution in [-0.2, 0) is 4.79 Å². The van der Waals surface area contributed by atoms with E-state index in [2.05, 4.69) is 4.98 Å². The van der Waals surface area contributed by atoms with Crippen molar-refractivity contribution >= 4 is 29.5 Å². The summed E-state index contributed by atoms with van der Waals surface area (Å²) in [5, 5.41) is -0.0357. The molecule has 2 aromatic carbocycles. The topological polar surface area (TPSA) is 83.0 Å². The Balaban J connectivity index is 1.31. The Hall–Kier alpha value is -4.12. The Morgan fingerprint density at radius 1 is 0.953 bits per heavy atom. The van der Waals surface area contributed by atoms with Crippen LogP contribution < -0.4 is 4.74 Å². The summed E-state index contributed by atoms with van der Waals surface area (Å²) in [6.45, 7) is 3.13. The summed E-state index contributed by atoms with van der Waals surface area (Å²) in [4.78, 5) is 48.4. The van der Waals surface area contributed by atoms with Gasteiger partial charge in [0.1, 0.15) is 28.9 Å². The minimum atomic E-state index is -0.672. The molecule has 2 aliphatic heterocycles. The fraction of sp³-hybridized carbons (Fsp3) is 0.355. The van der Waals surface area contributed by atoms with Crippen molar-refractivity contribution in [3.63, 3.8) is 0 Å². The van der Waals surface area contributed by atoms with Gasteiger partial charge in [-0.15, -0.1) is 0 Å². The molecule has 0 radical (unpaired) electrons. The normalized spacial score (nSPS) is 18.9. The largest absolute Gasteiger partial charge is 0.415 e. The van der Waals surface area contributed by atoms with Gasteiger partial charge in [0.05, 0.1) is 17.3 Å². The van der Waals surface area contributed by atoms with E-state index in [9.17, 15) is 27.6 Å². The highest BCUT2D eigenvalue weighted by atomic mass is 35.5. The summed E-state index contributed by atoms with van der Waals surface area (Å²) < 4.78 is 46.6. The number of nitrogens with zero attached hydrogens (tertiary/aromatic N) is 4. The lowest BCUT2D eigenvalue weighted by molar-refractivity contribution is -0.136. The summed E-state index contributed by atoms with van der Waals surface area (Å²) in [5.41, 5.74) is 0.723. The van der Waals surface area contributed by atoms with Crippen LogP contribution in [0.2, 0.25) is 5.02 Å². The smallest absolute Gasteiger partial charge is 0.410 e. The summed E-state index contributed by atoms with van der Waals surface area (Å²) in [7, 11) is 0. The number of likely N-dealkylation sites (N-methyl/N-ethyl adjacent to an activating group) is 1. The third-order valence-corrected chi connectivity index (χ3v) is 8.35. The molecule has 0 aliphatic carbocycles. The third kappa shape index (κ3) is 6.77. The molecule has 2 aliphatic rings. The standard InChI is InChI=1S/C31H30ClF3N4O4/c1-2-39(31(42)43-23-7-4-21(33)5-8-23)28-18-38(17-24(28)20-3-9-25(32)26(35)15-20)29(40)19-11-13-37(14-12-19)30(41)27-10-6-22(34)16-36-27/h3-10,15-16,19,24,28H,2,11-14,17-18H2,1H3. The first-order chi connectivity index (χ1) is 20.6. The Morgan fingerprint density at radius 3 is 2.28 bits per heavy atom. The van der Waals surface area contributed by atoms with E-state index in [4.69, 9.17) is 16.3 Å². The van der Waals surface area contributed by atoms with Crippen molar-refractivity contribution in [2.24, 2.45) is 5.92 Å². The van der Waals surface area contributed by atoms with E-state index >= 15 is 0 Å². The van der Waals surface area contributed by atoms with Crippen LogP contribution in [0.5, 0.6) is 5.75 Å². The number of hydrogen-bond donors (Lipinski definition) is 0. The number of ether oxygens (including phenoxy) is 1. The van der Waals surface area contributed by atoms with Gasteiger partial charge in [0.2, 0.25) is 5.91 Å². The number of rotatable bonds is 6. The van der Waals surface area contributed by atoms with Crippen LogP contribution in [0.1, 0.15) is 41.7 Å². The number of hydrogen-bond acceptors (Lipinski definition) is 5. The first-order valence-corrected chi connectivity index (χ1v) is 14.4. The average Bonchev–Trinajstić information content (AvgIpc) is 3.45. The predicted octanol–water partition coefficient (Wildman–Crippen LogP) is 5.52. The fourth-order valence-corrected chi connectivity index (χ4v) is 5.88. The number of amides is 3. The van der Waals surface area contributed by atoms with Crippen molar-refractivity contribution in [2.75, 3.05) is 32.7 Å². The summed E-state index contributed by atoms with van der Waals surface area (Å²) in [6.07, 6.45) is 1.17. The Labute approximate surface area is 252 Å². The molecule has 0 saturated carbocycles. The van der Waals surface area contributed by atoms with Crippen LogP contribution in [0.25, 0.3) is 0 Å². The summed E-state index contributed by atoms with van der Waals surface area (Å²) >= 11 is 5.93. The predicted molar refractivity (Wildman–Crippen MR) is 152 cm³/mol. The van der Waals surface area contributed by atoms with Gasteiger partial charge in [-0.05, 0) is 73.9 Å². The van der Waals surface area contributed by atoms with E-state index in [0.29, 0.717) is 31.5 Å². The molecule has 3 aromatic rings.